The molecule has 1 heterocycles. The number of alkyl halides is 1. The number of halogens is 1. The largest absolute Gasteiger partial charge is 0.341 e. The minimum Gasteiger partial charge on any atom is -0.341 e. The summed E-state index contributed by atoms with van der Waals surface area (Å²) in [6, 6.07) is 11.7. The number of carbonyl (C=O) groups is 1. The molecule has 0 unspecified atom stereocenters. The quantitative estimate of drug-likeness (QED) is 0.588. The fraction of sp³-hybridized carbons (Fsp3) is 0.154. The Balaban J connectivity index is 2.30. The Kier molecular flexibility index (Phi) is 3.42. The zero-order valence-corrected chi connectivity index (χ0v) is 9.52. The Bertz CT molecular complexity index is 490. The first-order chi connectivity index (χ1) is 7.85. The molecule has 16 heavy (non-hydrogen) atoms. The lowest BCUT2D eigenvalue weighted by molar-refractivity contribution is 0.111. The number of carbonyl (C=O) groups excluding carboxylic acids is 1. The smallest absolute Gasteiger partial charge is 0.166 e. The van der Waals surface area contributed by atoms with E-state index in [2.05, 4.69) is 0 Å². The van der Waals surface area contributed by atoms with Crippen molar-refractivity contribution in [2.24, 2.45) is 0 Å². The summed E-state index contributed by atoms with van der Waals surface area (Å²) in [5.74, 6) is 0.494. The van der Waals surface area contributed by atoms with E-state index < -0.39 is 0 Å². The number of hydrogen-bond acceptors (Lipinski definition) is 1. The lowest BCUT2D eigenvalue weighted by atomic mass is 10.1. The Morgan fingerprint density at radius 3 is 2.56 bits per heavy atom. The molecular formula is C13H12ClNO. The van der Waals surface area contributed by atoms with E-state index in [1.54, 1.807) is 6.07 Å². The first-order valence-corrected chi connectivity index (χ1v) is 5.61. The van der Waals surface area contributed by atoms with Gasteiger partial charge < -0.3 is 4.57 Å². The molecule has 0 saturated carbocycles. The Morgan fingerprint density at radius 2 is 1.88 bits per heavy atom. The van der Waals surface area contributed by atoms with Crippen molar-refractivity contribution in [3.8, 4) is 0 Å². The predicted octanol–water partition coefficient (Wildman–Crippen LogP) is 3.09. The average molecular weight is 234 g/mol. The van der Waals surface area contributed by atoms with Gasteiger partial charge in [-0.05, 0) is 23.3 Å². The van der Waals surface area contributed by atoms with Crippen LogP contribution in [0.1, 0.15) is 21.6 Å². The van der Waals surface area contributed by atoms with Gasteiger partial charge in [-0.15, -0.1) is 11.6 Å². The molecule has 0 atom stereocenters. The van der Waals surface area contributed by atoms with Gasteiger partial charge in [0.2, 0.25) is 0 Å². The Hall–Kier alpha value is -1.54. The van der Waals surface area contributed by atoms with Gasteiger partial charge in [0.05, 0.1) is 5.69 Å². The molecule has 0 bridgehead atoms. The number of rotatable bonds is 4. The summed E-state index contributed by atoms with van der Waals surface area (Å²) in [6.45, 7) is 0.684. The summed E-state index contributed by atoms with van der Waals surface area (Å²) >= 11 is 5.87. The fourth-order valence-corrected chi connectivity index (χ4v) is 1.96. The molecule has 0 spiro atoms. The van der Waals surface area contributed by atoms with Crippen LogP contribution in [0.15, 0.2) is 42.6 Å². The van der Waals surface area contributed by atoms with Crippen LogP contribution in [0.4, 0.5) is 0 Å². The van der Waals surface area contributed by atoms with Crippen molar-refractivity contribution in [3.63, 3.8) is 0 Å². The summed E-state index contributed by atoms with van der Waals surface area (Å²) in [5, 5.41) is 0. The standard InChI is InChI=1S/C13H12ClNO/c14-8-11-4-1-2-5-12(11)9-15-7-3-6-13(15)10-16/h1-7,10H,8-9H2. The second-order valence-corrected chi connectivity index (χ2v) is 3.85. The van der Waals surface area contributed by atoms with Crippen LogP contribution in [0.25, 0.3) is 0 Å². The number of aromatic nitrogens is 1. The number of nitrogens with zero attached hydrogens (tertiary/aromatic N) is 1. The highest BCUT2D eigenvalue weighted by atomic mass is 35.5. The SMILES string of the molecule is O=Cc1cccn1Cc1ccccc1CCl. The summed E-state index contributed by atoms with van der Waals surface area (Å²) in [6.07, 6.45) is 2.76. The van der Waals surface area contributed by atoms with Crippen LogP contribution in [0, 0.1) is 0 Å². The van der Waals surface area contributed by atoms with Gasteiger partial charge in [-0.1, -0.05) is 24.3 Å². The molecule has 82 valence electrons. The summed E-state index contributed by atoms with van der Waals surface area (Å²) in [4.78, 5) is 10.8. The van der Waals surface area contributed by atoms with Crippen LogP contribution in [0.2, 0.25) is 0 Å². The average Bonchev–Trinajstić information content (AvgIpc) is 2.77. The summed E-state index contributed by atoms with van der Waals surface area (Å²) in [5.41, 5.74) is 2.94. The second-order valence-electron chi connectivity index (χ2n) is 3.58. The molecule has 0 aliphatic rings. The van der Waals surface area contributed by atoms with E-state index in [9.17, 15) is 4.79 Å². The highest BCUT2D eigenvalue weighted by Gasteiger charge is 2.03. The van der Waals surface area contributed by atoms with E-state index in [0.29, 0.717) is 18.1 Å². The molecule has 2 nitrogen and oxygen atoms in total. The van der Waals surface area contributed by atoms with Crippen LogP contribution < -0.4 is 0 Å². The van der Waals surface area contributed by atoms with Gasteiger partial charge in [-0.2, -0.15) is 0 Å². The van der Waals surface area contributed by atoms with Crippen LogP contribution in [-0.2, 0) is 12.4 Å². The van der Waals surface area contributed by atoms with Gasteiger partial charge in [0, 0.05) is 18.6 Å². The molecule has 0 aliphatic heterocycles. The van der Waals surface area contributed by atoms with E-state index in [4.69, 9.17) is 11.6 Å². The van der Waals surface area contributed by atoms with Crippen molar-refractivity contribution in [2.45, 2.75) is 12.4 Å². The third-order valence-electron chi connectivity index (χ3n) is 2.59. The predicted molar refractivity (Wildman–Crippen MR) is 64.9 cm³/mol. The molecule has 0 N–H and O–H groups in total. The van der Waals surface area contributed by atoms with Crippen LogP contribution in [-0.4, -0.2) is 10.9 Å². The van der Waals surface area contributed by atoms with Gasteiger partial charge in [0.25, 0.3) is 0 Å². The molecule has 1 aromatic carbocycles. The lowest BCUT2D eigenvalue weighted by Gasteiger charge is -2.09. The van der Waals surface area contributed by atoms with Crippen LogP contribution in [0.3, 0.4) is 0 Å². The molecule has 2 aromatic rings. The molecule has 0 aliphatic carbocycles. The van der Waals surface area contributed by atoms with E-state index in [1.807, 2.05) is 41.1 Å². The maximum absolute atomic E-state index is 10.8. The minimum atomic E-state index is 0.494. The van der Waals surface area contributed by atoms with Crippen molar-refractivity contribution in [1.29, 1.82) is 0 Å². The van der Waals surface area contributed by atoms with Crippen molar-refractivity contribution in [1.82, 2.24) is 4.57 Å². The fourth-order valence-electron chi connectivity index (χ4n) is 1.70. The molecule has 3 heteroatoms. The maximum atomic E-state index is 10.8. The van der Waals surface area contributed by atoms with Crippen molar-refractivity contribution >= 4 is 17.9 Å². The zero-order valence-electron chi connectivity index (χ0n) is 8.77. The van der Waals surface area contributed by atoms with Gasteiger partial charge >= 0.3 is 0 Å². The third-order valence-corrected chi connectivity index (χ3v) is 2.88. The maximum Gasteiger partial charge on any atom is 0.166 e. The molecule has 1 aromatic heterocycles. The first-order valence-electron chi connectivity index (χ1n) is 5.08. The van der Waals surface area contributed by atoms with Crippen molar-refractivity contribution in [3.05, 3.63) is 59.4 Å². The normalized spacial score (nSPS) is 10.3. The monoisotopic (exact) mass is 233 g/mol. The number of benzene rings is 1. The van der Waals surface area contributed by atoms with E-state index in [0.717, 1.165) is 17.4 Å². The van der Waals surface area contributed by atoms with E-state index >= 15 is 0 Å². The first kappa shape index (κ1) is 11.0. The minimum absolute atomic E-state index is 0.494. The molecule has 0 fully saturated rings. The highest BCUT2D eigenvalue weighted by molar-refractivity contribution is 6.17. The molecular weight excluding hydrogens is 222 g/mol. The van der Waals surface area contributed by atoms with Gasteiger partial charge in [-0.3, -0.25) is 4.79 Å². The Morgan fingerprint density at radius 1 is 1.12 bits per heavy atom. The number of hydrogen-bond donors (Lipinski definition) is 0. The summed E-state index contributed by atoms with van der Waals surface area (Å²) < 4.78 is 1.92. The third kappa shape index (κ3) is 2.17. The van der Waals surface area contributed by atoms with Crippen molar-refractivity contribution < 1.29 is 4.79 Å². The molecule has 2 rings (SSSR count). The topological polar surface area (TPSA) is 22.0 Å². The molecule has 0 saturated heterocycles. The van der Waals surface area contributed by atoms with E-state index in [-0.39, 0.29) is 0 Å². The van der Waals surface area contributed by atoms with E-state index in [1.165, 1.54) is 0 Å². The highest BCUT2D eigenvalue weighted by Crippen LogP contribution is 2.14. The van der Waals surface area contributed by atoms with Gasteiger partial charge in [-0.25, -0.2) is 0 Å². The lowest BCUT2D eigenvalue weighted by Crippen LogP contribution is -2.04. The van der Waals surface area contributed by atoms with Crippen LogP contribution >= 0.6 is 11.6 Å². The summed E-state index contributed by atoms with van der Waals surface area (Å²) in [7, 11) is 0. The van der Waals surface area contributed by atoms with Crippen LogP contribution in [0.5, 0.6) is 0 Å². The molecule has 0 radical (unpaired) electrons. The second kappa shape index (κ2) is 4.99. The van der Waals surface area contributed by atoms with Gasteiger partial charge in [0.15, 0.2) is 6.29 Å². The number of aldehydes is 1. The Labute approximate surface area is 99.5 Å². The van der Waals surface area contributed by atoms with Gasteiger partial charge in [0.1, 0.15) is 0 Å². The van der Waals surface area contributed by atoms with Crippen molar-refractivity contribution in [2.75, 3.05) is 0 Å². The molecule has 0 amide bonds. The zero-order chi connectivity index (χ0) is 11.4.